The average molecular weight is 390 g/mol. The van der Waals surface area contributed by atoms with E-state index in [1.165, 1.54) is 30.4 Å². The number of ether oxygens (including phenoxy) is 1. The molecule has 0 spiro atoms. The van der Waals surface area contributed by atoms with Crippen molar-refractivity contribution in [3.05, 3.63) is 77.4 Å². The van der Waals surface area contributed by atoms with E-state index < -0.39 is 5.60 Å². The summed E-state index contributed by atoms with van der Waals surface area (Å²) >= 11 is 0. The van der Waals surface area contributed by atoms with Crippen LogP contribution in [0.3, 0.4) is 0 Å². The highest BCUT2D eigenvalue weighted by molar-refractivity contribution is 5.91. The van der Waals surface area contributed by atoms with Crippen LogP contribution in [0, 0.1) is 0 Å². The average Bonchev–Trinajstić information content (AvgIpc) is 2.67. The number of carbonyl (C=O) groups excluding carboxylic acids is 1. The minimum absolute atomic E-state index is 0.248. The number of benzene rings is 2. The van der Waals surface area contributed by atoms with Crippen molar-refractivity contribution in [1.82, 2.24) is 4.90 Å². The van der Waals surface area contributed by atoms with Crippen LogP contribution in [0.15, 0.2) is 60.7 Å². The summed E-state index contributed by atoms with van der Waals surface area (Å²) in [4.78, 5) is 15.2. The monoisotopic (exact) mass is 389 g/mol. The number of piperidine rings is 1. The van der Waals surface area contributed by atoms with Crippen molar-refractivity contribution in [2.24, 2.45) is 0 Å². The van der Waals surface area contributed by atoms with Crippen molar-refractivity contribution in [2.45, 2.75) is 70.7 Å². The van der Waals surface area contributed by atoms with Crippen LogP contribution in [0.2, 0.25) is 0 Å². The van der Waals surface area contributed by atoms with E-state index >= 15 is 0 Å². The molecule has 0 aliphatic carbocycles. The van der Waals surface area contributed by atoms with Crippen LogP contribution in [0.4, 0.5) is 0 Å². The van der Waals surface area contributed by atoms with Gasteiger partial charge in [-0.15, -0.1) is 0 Å². The second-order valence-corrected chi connectivity index (χ2v) is 9.29. The quantitative estimate of drug-likeness (QED) is 0.614. The standard InChI is InChI=1S/C26H31NO2/c1-26(2,3)29-25(28)21-12-7-11-20(15-21)22-16-23-13-8-14-24(17-22)27(23)18-19-9-5-4-6-10-19/h4-7,9-12,15-16,23-24H,8,13-14,17-18H2,1-3H3. The molecule has 152 valence electrons. The Bertz CT molecular complexity index is 894. The maximum atomic E-state index is 12.5. The largest absolute Gasteiger partial charge is 0.456 e. The van der Waals surface area contributed by atoms with E-state index in [4.69, 9.17) is 4.74 Å². The van der Waals surface area contributed by atoms with Gasteiger partial charge in [-0.25, -0.2) is 4.79 Å². The molecule has 2 atom stereocenters. The number of fused-ring (bicyclic) bond motifs is 2. The SMILES string of the molecule is CC(C)(C)OC(=O)c1cccc(C2=CC3CCCC(C2)N3Cc2ccccc2)c1. The molecule has 4 rings (SSSR count). The molecule has 1 fully saturated rings. The zero-order valence-corrected chi connectivity index (χ0v) is 17.7. The minimum Gasteiger partial charge on any atom is -0.456 e. The maximum absolute atomic E-state index is 12.5. The maximum Gasteiger partial charge on any atom is 0.338 e. The second kappa shape index (κ2) is 8.16. The molecule has 1 saturated heterocycles. The Balaban J connectivity index is 1.56. The third kappa shape index (κ3) is 4.79. The fourth-order valence-corrected chi connectivity index (χ4v) is 4.56. The molecule has 2 unspecified atom stereocenters. The molecule has 2 aromatic rings. The first-order valence-corrected chi connectivity index (χ1v) is 10.7. The lowest BCUT2D eigenvalue weighted by atomic mass is 9.82. The van der Waals surface area contributed by atoms with Crippen LogP contribution in [0.1, 0.15) is 67.9 Å². The van der Waals surface area contributed by atoms with Crippen molar-refractivity contribution < 1.29 is 9.53 Å². The molecule has 3 heteroatoms. The molecular formula is C26H31NO2. The van der Waals surface area contributed by atoms with Gasteiger partial charge >= 0.3 is 5.97 Å². The number of esters is 1. The number of nitrogens with zero attached hydrogens (tertiary/aromatic N) is 1. The molecular weight excluding hydrogens is 358 g/mol. The summed E-state index contributed by atoms with van der Waals surface area (Å²) in [5, 5.41) is 0. The van der Waals surface area contributed by atoms with E-state index in [-0.39, 0.29) is 5.97 Å². The summed E-state index contributed by atoms with van der Waals surface area (Å²) in [7, 11) is 0. The molecule has 0 N–H and O–H groups in total. The van der Waals surface area contributed by atoms with Crippen LogP contribution < -0.4 is 0 Å². The first kappa shape index (κ1) is 19.9. The van der Waals surface area contributed by atoms with Gasteiger partial charge in [0.15, 0.2) is 0 Å². The van der Waals surface area contributed by atoms with Gasteiger partial charge < -0.3 is 4.74 Å². The molecule has 0 aromatic heterocycles. The number of rotatable bonds is 4. The van der Waals surface area contributed by atoms with Crippen molar-refractivity contribution >= 4 is 11.5 Å². The fraction of sp³-hybridized carbons (Fsp3) is 0.423. The van der Waals surface area contributed by atoms with Gasteiger partial charge in [-0.2, -0.15) is 0 Å². The lowest BCUT2D eigenvalue weighted by Gasteiger charge is -2.45. The van der Waals surface area contributed by atoms with Crippen molar-refractivity contribution in [3.63, 3.8) is 0 Å². The Kier molecular flexibility index (Phi) is 5.60. The summed E-state index contributed by atoms with van der Waals surface area (Å²) in [6, 6.07) is 19.8. The Morgan fingerprint density at radius 1 is 1.07 bits per heavy atom. The molecule has 0 amide bonds. The molecule has 2 aliphatic rings. The van der Waals surface area contributed by atoms with Crippen molar-refractivity contribution in [1.29, 1.82) is 0 Å². The molecule has 2 aliphatic heterocycles. The molecule has 2 heterocycles. The third-order valence-electron chi connectivity index (χ3n) is 5.86. The van der Waals surface area contributed by atoms with Gasteiger partial charge in [-0.1, -0.05) is 55.0 Å². The van der Waals surface area contributed by atoms with Crippen LogP contribution in [0.25, 0.3) is 5.57 Å². The van der Waals surface area contributed by atoms with Crippen LogP contribution in [-0.4, -0.2) is 28.6 Å². The Hall–Kier alpha value is -2.39. The summed E-state index contributed by atoms with van der Waals surface area (Å²) in [5.74, 6) is -0.248. The van der Waals surface area contributed by atoms with Gasteiger partial charge in [0.1, 0.15) is 5.60 Å². The summed E-state index contributed by atoms with van der Waals surface area (Å²) in [6.45, 7) is 6.72. The van der Waals surface area contributed by atoms with Gasteiger partial charge in [-0.05, 0) is 68.9 Å². The molecule has 2 bridgehead atoms. The van der Waals surface area contributed by atoms with E-state index in [1.807, 2.05) is 39.0 Å². The van der Waals surface area contributed by atoms with E-state index in [0.29, 0.717) is 17.6 Å². The van der Waals surface area contributed by atoms with Crippen molar-refractivity contribution in [3.8, 4) is 0 Å². The van der Waals surface area contributed by atoms with Gasteiger partial charge in [-0.3, -0.25) is 4.90 Å². The third-order valence-corrected chi connectivity index (χ3v) is 5.86. The normalized spacial score (nSPS) is 22.1. The first-order chi connectivity index (χ1) is 13.9. The van der Waals surface area contributed by atoms with E-state index in [1.54, 1.807) is 0 Å². The second-order valence-electron chi connectivity index (χ2n) is 9.29. The zero-order valence-electron chi connectivity index (χ0n) is 17.7. The van der Waals surface area contributed by atoms with Crippen molar-refractivity contribution in [2.75, 3.05) is 0 Å². The van der Waals surface area contributed by atoms with Gasteiger partial charge in [0.2, 0.25) is 0 Å². The van der Waals surface area contributed by atoms with E-state index in [0.717, 1.165) is 18.5 Å². The molecule has 29 heavy (non-hydrogen) atoms. The highest BCUT2D eigenvalue weighted by atomic mass is 16.6. The minimum atomic E-state index is -0.480. The van der Waals surface area contributed by atoms with E-state index in [9.17, 15) is 4.79 Å². The van der Waals surface area contributed by atoms with E-state index in [2.05, 4.69) is 47.4 Å². The lowest BCUT2D eigenvalue weighted by molar-refractivity contribution is 0.00695. The predicted octanol–water partition coefficient (Wildman–Crippen LogP) is 5.85. The lowest BCUT2D eigenvalue weighted by Crippen LogP contribution is -2.47. The summed E-state index contributed by atoms with van der Waals surface area (Å²) < 4.78 is 5.56. The Labute approximate surface area is 174 Å². The smallest absolute Gasteiger partial charge is 0.338 e. The van der Waals surface area contributed by atoms with Gasteiger partial charge in [0, 0.05) is 18.6 Å². The van der Waals surface area contributed by atoms with Gasteiger partial charge in [0.05, 0.1) is 5.56 Å². The summed E-state index contributed by atoms with van der Waals surface area (Å²) in [6.07, 6.45) is 7.22. The highest BCUT2D eigenvalue weighted by Crippen LogP contribution is 2.38. The molecule has 0 saturated carbocycles. The fourth-order valence-electron chi connectivity index (χ4n) is 4.56. The number of hydrogen-bond donors (Lipinski definition) is 0. The molecule has 0 radical (unpaired) electrons. The summed E-state index contributed by atoms with van der Waals surface area (Å²) in [5.41, 5.74) is 4.06. The van der Waals surface area contributed by atoms with Crippen LogP contribution in [-0.2, 0) is 11.3 Å². The van der Waals surface area contributed by atoms with Crippen LogP contribution in [0.5, 0.6) is 0 Å². The number of hydrogen-bond acceptors (Lipinski definition) is 3. The molecule has 3 nitrogen and oxygen atoms in total. The van der Waals surface area contributed by atoms with Gasteiger partial charge in [0.25, 0.3) is 0 Å². The predicted molar refractivity (Wildman–Crippen MR) is 118 cm³/mol. The highest BCUT2D eigenvalue weighted by Gasteiger charge is 2.34. The zero-order chi connectivity index (χ0) is 20.4. The first-order valence-electron chi connectivity index (χ1n) is 10.7. The Morgan fingerprint density at radius 3 is 2.59 bits per heavy atom. The Morgan fingerprint density at radius 2 is 1.86 bits per heavy atom. The topological polar surface area (TPSA) is 29.5 Å². The van der Waals surface area contributed by atoms with Crippen LogP contribution >= 0.6 is 0 Å². The number of carbonyl (C=O) groups is 1. The molecule has 2 aromatic carbocycles.